The number of anilines is 2. The molecule has 72 valence electrons. The molecule has 0 atom stereocenters. The fraction of sp³-hybridized carbons (Fsp3) is 0.500. The van der Waals surface area contributed by atoms with Gasteiger partial charge in [0.05, 0.1) is 5.69 Å². The van der Waals surface area contributed by atoms with Gasteiger partial charge in [0.1, 0.15) is 5.82 Å². The van der Waals surface area contributed by atoms with Crippen LogP contribution in [0.3, 0.4) is 0 Å². The minimum Gasteiger partial charge on any atom is -0.396 e. The molecule has 1 heterocycles. The van der Waals surface area contributed by atoms with Crippen molar-refractivity contribution in [1.82, 2.24) is 4.98 Å². The van der Waals surface area contributed by atoms with Crippen LogP contribution in [0.1, 0.15) is 31.9 Å². The second-order valence-electron chi connectivity index (χ2n) is 3.23. The first-order valence-electron chi connectivity index (χ1n) is 4.75. The Morgan fingerprint density at radius 1 is 1.23 bits per heavy atom. The first kappa shape index (κ1) is 9.84. The Kier molecular flexibility index (Phi) is 3.55. The second-order valence-corrected chi connectivity index (χ2v) is 3.23. The second kappa shape index (κ2) is 4.70. The van der Waals surface area contributed by atoms with Crippen molar-refractivity contribution >= 4 is 11.5 Å². The predicted octanol–water partition coefficient (Wildman–Crippen LogP) is 1.98. The molecule has 1 aromatic heterocycles. The van der Waals surface area contributed by atoms with Crippen molar-refractivity contribution in [3.63, 3.8) is 0 Å². The number of nitrogens with zero attached hydrogens (tertiary/aromatic N) is 1. The molecule has 0 radical (unpaired) electrons. The molecule has 0 saturated carbocycles. The number of aromatic nitrogens is 1. The highest BCUT2D eigenvalue weighted by Gasteiger charge is 1.98. The lowest BCUT2D eigenvalue weighted by Gasteiger charge is -2.03. The smallest absolute Gasteiger partial charge is 0.146 e. The lowest BCUT2D eigenvalue weighted by molar-refractivity contribution is 0.708. The number of hydrogen-bond acceptors (Lipinski definition) is 3. The molecule has 3 nitrogen and oxygen atoms in total. The molecule has 0 unspecified atom stereocenters. The number of rotatable bonds is 4. The molecule has 1 rings (SSSR count). The zero-order valence-corrected chi connectivity index (χ0v) is 8.09. The number of nitrogens with two attached hydrogens (primary N) is 2. The van der Waals surface area contributed by atoms with Gasteiger partial charge in [-0.05, 0) is 25.0 Å². The number of pyridine rings is 1. The first-order chi connectivity index (χ1) is 6.24. The molecule has 0 aliphatic rings. The van der Waals surface area contributed by atoms with Gasteiger partial charge >= 0.3 is 0 Å². The highest BCUT2D eigenvalue weighted by molar-refractivity contribution is 5.57. The molecule has 0 bridgehead atoms. The van der Waals surface area contributed by atoms with Crippen molar-refractivity contribution in [3.05, 3.63) is 17.8 Å². The summed E-state index contributed by atoms with van der Waals surface area (Å²) in [4.78, 5) is 4.20. The van der Waals surface area contributed by atoms with Crippen LogP contribution in [0.25, 0.3) is 0 Å². The summed E-state index contributed by atoms with van der Waals surface area (Å²) >= 11 is 0. The van der Waals surface area contributed by atoms with E-state index in [2.05, 4.69) is 11.9 Å². The maximum absolute atomic E-state index is 5.59. The quantitative estimate of drug-likeness (QED) is 0.694. The van der Waals surface area contributed by atoms with Gasteiger partial charge < -0.3 is 11.5 Å². The van der Waals surface area contributed by atoms with Gasteiger partial charge in [-0.1, -0.05) is 19.8 Å². The molecule has 0 amide bonds. The van der Waals surface area contributed by atoms with Crippen LogP contribution in [0.5, 0.6) is 0 Å². The van der Waals surface area contributed by atoms with Crippen molar-refractivity contribution < 1.29 is 0 Å². The average molecular weight is 179 g/mol. The average Bonchev–Trinajstić information content (AvgIpc) is 2.12. The zero-order chi connectivity index (χ0) is 9.68. The molecule has 1 aromatic rings. The Balaban J connectivity index is 2.53. The number of aryl methyl sites for hydroxylation is 1. The van der Waals surface area contributed by atoms with Crippen LogP contribution < -0.4 is 11.5 Å². The van der Waals surface area contributed by atoms with Gasteiger partial charge in [-0.25, -0.2) is 4.98 Å². The topological polar surface area (TPSA) is 64.9 Å². The minimum atomic E-state index is 0.453. The zero-order valence-electron chi connectivity index (χ0n) is 8.09. The van der Waals surface area contributed by atoms with Crippen molar-refractivity contribution in [2.45, 2.75) is 32.6 Å². The third-order valence-corrected chi connectivity index (χ3v) is 2.05. The van der Waals surface area contributed by atoms with E-state index in [0.29, 0.717) is 11.5 Å². The Morgan fingerprint density at radius 3 is 2.62 bits per heavy atom. The fourth-order valence-electron chi connectivity index (χ4n) is 1.22. The van der Waals surface area contributed by atoms with E-state index in [9.17, 15) is 0 Å². The normalized spacial score (nSPS) is 10.2. The van der Waals surface area contributed by atoms with E-state index in [4.69, 9.17) is 11.5 Å². The molecule has 4 N–H and O–H groups in total. The summed E-state index contributed by atoms with van der Waals surface area (Å²) in [5.74, 6) is 0.453. The van der Waals surface area contributed by atoms with Crippen LogP contribution in [0.4, 0.5) is 11.5 Å². The number of nitrogen functional groups attached to an aromatic ring is 2. The summed E-state index contributed by atoms with van der Waals surface area (Å²) in [7, 11) is 0. The van der Waals surface area contributed by atoms with E-state index in [0.717, 1.165) is 12.1 Å². The van der Waals surface area contributed by atoms with Crippen LogP contribution in [0, 0.1) is 0 Å². The minimum absolute atomic E-state index is 0.453. The molecule has 0 spiro atoms. The Bertz CT molecular complexity index is 271. The van der Waals surface area contributed by atoms with Crippen LogP contribution in [0.2, 0.25) is 0 Å². The Morgan fingerprint density at radius 2 is 2.00 bits per heavy atom. The maximum atomic E-state index is 5.59. The van der Waals surface area contributed by atoms with Crippen molar-refractivity contribution in [3.8, 4) is 0 Å². The number of hydrogen-bond donors (Lipinski definition) is 2. The fourth-order valence-corrected chi connectivity index (χ4v) is 1.22. The lowest BCUT2D eigenvalue weighted by Crippen LogP contribution is -2.00. The van der Waals surface area contributed by atoms with Crippen LogP contribution in [-0.2, 0) is 6.42 Å². The van der Waals surface area contributed by atoms with Crippen molar-refractivity contribution in [2.24, 2.45) is 0 Å². The SMILES string of the molecule is CCCCCc1ccc(N)c(N)n1. The third-order valence-electron chi connectivity index (χ3n) is 2.05. The summed E-state index contributed by atoms with van der Waals surface area (Å²) in [6, 6.07) is 3.77. The summed E-state index contributed by atoms with van der Waals surface area (Å²) in [6.07, 6.45) is 4.64. The highest BCUT2D eigenvalue weighted by atomic mass is 14.9. The van der Waals surface area contributed by atoms with Gasteiger partial charge in [-0.3, -0.25) is 0 Å². The van der Waals surface area contributed by atoms with E-state index < -0.39 is 0 Å². The molecule has 13 heavy (non-hydrogen) atoms. The van der Waals surface area contributed by atoms with Gasteiger partial charge in [-0.2, -0.15) is 0 Å². The molecule has 0 aliphatic carbocycles. The van der Waals surface area contributed by atoms with E-state index >= 15 is 0 Å². The van der Waals surface area contributed by atoms with E-state index in [1.54, 1.807) is 0 Å². The van der Waals surface area contributed by atoms with Gasteiger partial charge in [-0.15, -0.1) is 0 Å². The molecule has 0 aliphatic heterocycles. The standard InChI is InChI=1S/C10H17N3/c1-2-3-4-5-8-6-7-9(11)10(12)13-8/h6-7H,2-5,11H2,1H3,(H2,12,13). The summed E-state index contributed by atoms with van der Waals surface area (Å²) in [5.41, 5.74) is 12.8. The Hall–Kier alpha value is -1.25. The largest absolute Gasteiger partial charge is 0.396 e. The maximum Gasteiger partial charge on any atom is 0.146 e. The van der Waals surface area contributed by atoms with Gasteiger partial charge in [0.15, 0.2) is 0 Å². The van der Waals surface area contributed by atoms with Crippen LogP contribution >= 0.6 is 0 Å². The van der Waals surface area contributed by atoms with Crippen molar-refractivity contribution in [1.29, 1.82) is 0 Å². The first-order valence-corrected chi connectivity index (χ1v) is 4.75. The summed E-state index contributed by atoms with van der Waals surface area (Å²) in [5, 5.41) is 0. The molecule has 0 aromatic carbocycles. The lowest BCUT2D eigenvalue weighted by atomic mass is 10.1. The summed E-state index contributed by atoms with van der Waals surface area (Å²) < 4.78 is 0. The van der Waals surface area contributed by atoms with Crippen LogP contribution in [0.15, 0.2) is 12.1 Å². The van der Waals surface area contributed by atoms with E-state index in [-0.39, 0.29) is 0 Å². The van der Waals surface area contributed by atoms with Crippen molar-refractivity contribution in [2.75, 3.05) is 11.5 Å². The monoisotopic (exact) mass is 179 g/mol. The van der Waals surface area contributed by atoms with Gasteiger partial charge in [0, 0.05) is 5.69 Å². The molecular weight excluding hydrogens is 162 g/mol. The highest BCUT2D eigenvalue weighted by Crippen LogP contribution is 2.13. The van der Waals surface area contributed by atoms with Gasteiger partial charge in [0.2, 0.25) is 0 Å². The molecule has 3 heteroatoms. The van der Waals surface area contributed by atoms with E-state index in [1.165, 1.54) is 19.3 Å². The van der Waals surface area contributed by atoms with E-state index in [1.807, 2.05) is 12.1 Å². The Labute approximate surface area is 79.2 Å². The van der Waals surface area contributed by atoms with Gasteiger partial charge in [0.25, 0.3) is 0 Å². The molecular formula is C10H17N3. The predicted molar refractivity (Wildman–Crippen MR) is 56.3 cm³/mol. The van der Waals surface area contributed by atoms with Crippen LogP contribution in [-0.4, -0.2) is 4.98 Å². The molecule has 0 saturated heterocycles. The summed E-state index contributed by atoms with van der Waals surface area (Å²) in [6.45, 7) is 2.19. The molecule has 0 fully saturated rings. The third kappa shape index (κ3) is 2.93. The number of unbranched alkanes of at least 4 members (excludes halogenated alkanes) is 2.